The average Bonchev–Trinajstić information content (AvgIpc) is 3.07. The predicted molar refractivity (Wildman–Crippen MR) is 61.1 cm³/mol. The van der Waals surface area contributed by atoms with E-state index in [0.717, 1.165) is 6.54 Å². The fourth-order valence-corrected chi connectivity index (χ4v) is 1.47. The lowest BCUT2D eigenvalue weighted by Crippen LogP contribution is -2.40. The van der Waals surface area contributed by atoms with Crippen LogP contribution in [0.5, 0.6) is 0 Å². The highest BCUT2D eigenvalue weighted by molar-refractivity contribution is 5.78. The Hall–Kier alpha value is -0.650. The van der Waals surface area contributed by atoms with Gasteiger partial charge in [0.25, 0.3) is 0 Å². The zero-order valence-corrected chi connectivity index (χ0v) is 9.95. The zero-order valence-electron chi connectivity index (χ0n) is 9.95. The maximum absolute atomic E-state index is 11.5. The SMILES string of the molecule is COCCN(CCO)CC(=O)NCC1CC1. The fraction of sp³-hybridized carbons (Fsp3) is 0.909. The zero-order chi connectivity index (χ0) is 11.8. The van der Waals surface area contributed by atoms with Gasteiger partial charge in [0, 0.05) is 26.7 Å². The van der Waals surface area contributed by atoms with Crippen molar-refractivity contribution in [1.29, 1.82) is 0 Å². The Labute approximate surface area is 96.8 Å². The number of carbonyl (C=O) groups is 1. The van der Waals surface area contributed by atoms with E-state index in [4.69, 9.17) is 9.84 Å². The van der Waals surface area contributed by atoms with Gasteiger partial charge in [-0.15, -0.1) is 0 Å². The smallest absolute Gasteiger partial charge is 0.234 e. The van der Waals surface area contributed by atoms with E-state index in [-0.39, 0.29) is 12.5 Å². The first kappa shape index (κ1) is 13.4. The van der Waals surface area contributed by atoms with Crippen LogP contribution in [0.25, 0.3) is 0 Å². The van der Waals surface area contributed by atoms with Crippen LogP contribution >= 0.6 is 0 Å². The van der Waals surface area contributed by atoms with Crippen molar-refractivity contribution in [3.63, 3.8) is 0 Å². The molecule has 0 aromatic rings. The Balaban J connectivity index is 2.13. The van der Waals surface area contributed by atoms with E-state index in [1.54, 1.807) is 7.11 Å². The lowest BCUT2D eigenvalue weighted by Gasteiger charge is -2.20. The minimum Gasteiger partial charge on any atom is -0.395 e. The highest BCUT2D eigenvalue weighted by atomic mass is 16.5. The van der Waals surface area contributed by atoms with E-state index in [1.807, 2.05) is 4.90 Å². The molecule has 0 atom stereocenters. The standard InChI is InChI=1S/C11H22N2O3/c1-16-7-5-13(4-6-14)9-11(15)12-8-10-2-3-10/h10,14H,2-9H2,1H3,(H,12,15). The van der Waals surface area contributed by atoms with Gasteiger partial charge in [0.1, 0.15) is 0 Å². The summed E-state index contributed by atoms with van der Waals surface area (Å²) in [5, 5.41) is 11.8. The first-order valence-corrected chi connectivity index (χ1v) is 5.85. The summed E-state index contributed by atoms with van der Waals surface area (Å²) in [5.41, 5.74) is 0. The number of methoxy groups -OCH3 is 1. The molecule has 0 bridgehead atoms. The van der Waals surface area contributed by atoms with Gasteiger partial charge in [-0.1, -0.05) is 0 Å². The minimum absolute atomic E-state index is 0.0384. The molecule has 5 heteroatoms. The first-order valence-electron chi connectivity index (χ1n) is 5.85. The van der Waals surface area contributed by atoms with Crippen LogP contribution in [0.1, 0.15) is 12.8 Å². The van der Waals surface area contributed by atoms with Crippen molar-refractivity contribution in [1.82, 2.24) is 10.2 Å². The van der Waals surface area contributed by atoms with Crippen molar-refractivity contribution in [2.24, 2.45) is 5.92 Å². The number of aliphatic hydroxyl groups is 1. The van der Waals surface area contributed by atoms with Gasteiger partial charge >= 0.3 is 0 Å². The third-order valence-corrected chi connectivity index (χ3v) is 2.68. The quantitative estimate of drug-likeness (QED) is 0.558. The Morgan fingerprint density at radius 1 is 1.50 bits per heavy atom. The normalized spacial score (nSPS) is 15.4. The molecule has 0 aromatic carbocycles. The molecule has 1 saturated carbocycles. The molecule has 5 nitrogen and oxygen atoms in total. The summed E-state index contributed by atoms with van der Waals surface area (Å²) in [6, 6.07) is 0. The van der Waals surface area contributed by atoms with Gasteiger partial charge < -0.3 is 15.2 Å². The van der Waals surface area contributed by atoms with Gasteiger partial charge in [-0.3, -0.25) is 9.69 Å². The molecule has 0 heterocycles. The van der Waals surface area contributed by atoms with Gasteiger partial charge in [0.15, 0.2) is 0 Å². The van der Waals surface area contributed by atoms with Crippen LogP contribution in [0.4, 0.5) is 0 Å². The number of nitrogens with one attached hydrogen (secondary N) is 1. The highest BCUT2D eigenvalue weighted by Crippen LogP contribution is 2.27. The predicted octanol–water partition coefficient (Wildman–Crippen LogP) is -0.547. The van der Waals surface area contributed by atoms with Crippen LogP contribution in [-0.2, 0) is 9.53 Å². The second-order valence-corrected chi connectivity index (χ2v) is 4.24. The molecule has 0 aromatic heterocycles. The number of hydrogen-bond acceptors (Lipinski definition) is 4. The van der Waals surface area contributed by atoms with Crippen molar-refractivity contribution in [3.05, 3.63) is 0 Å². The van der Waals surface area contributed by atoms with E-state index in [0.29, 0.717) is 32.2 Å². The van der Waals surface area contributed by atoms with Crippen LogP contribution in [-0.4, -0.2) is 62.4 Å². The third kappa shape index (κ3) is 6.05. The van der Waals surface area contributed by atoms with Crippen LogP contribution in [0, 0.1) is 5.92 Å². The van der Waals surface area contributed by atoms with Crippen molar-refractivity contribution in [3.8, 4) is 0 Å². The Morgan fingerprint density at radius 2 is 2.25 bits per heavy atom. The van der Waals surface area contributed by atoms with E-state index in [2.05, 4.69) is 5.32 Å². The summed E-state index contributed by atoms with van der Waals surface area (Å²) >= 11 is 0. The monoisotopic (exact) mass is 230 g/mol. The maximum Gasteiger partial charge on any atom is 0.234 e. The lowest BCUT2D eigenvalue weighted by molar-refractivity contribution is -0.122. The number of amides is 1. The molecule has 0 aliphatic heterocycles. The number of hydrogen-bond donors (Lipinski definition) is 2. The number of carbonyl (C=O) groups excluding carboxylic acids is 1. The molecule has 1 aliphatic carbocycles. The van der Waals surface area contributed by atoms with Crippen LogP contribution < -0.4 is 5.32 Å². The lowest BCUT2D eigenvalue weighted by atomic mass is 10.4. The van der Waals surface area contributed by atoms with Crippen LogP contribution in [0.15, 0.2) is 0 Å². The van der Waals surface area contributed by atoms with Gasteiger partial charge in [0.05, 0.1) is 19.8 Å². The summed E-state index contributed by atoms with van der Waals surface area (Å²) in [7, 11) is 1.63. The minimum atomic E-state index is 0.0384. The summed E-state index contributed by atoms with van der Waals surface area (Å²) in [6.45, 7) is 2.98. The molecule has 16 heavy (non-hydrogen) atoms. The second kappa shape index (κ2) is 7.60. The largest absolute Gasteiger partial charge is 0.395 e. The summed E-state index contributed by atoms with van der Waals surface area (Å²) in [5.74, 6) is 0.741. The van der Waals surface area contributed by atoms with E-state index in [9.17, 15) is 4.79 Å². The van der Waals surface area contributed by atoms with Gasteiger partial charge in [-0.2, -0.15) is 0 Å². The van der Waals surface area contributed by atoms with Gasteiger partial charge in [0.2, 0.25) is 5.91 Å². The Kier molecular flexibility index (Phi) is 6.37. The highest BCUT2D eigenvalue weighted by Gasteiger charge is 2.21. The Morgan fingerprint density at radius 3 is 2.81 bits per heavy atom. The fourth-order valence-electron chi connectivity index (χ4n) is 1.47. The van der Waals surface area contributed by atoms with Crippen molar-refractivity contribution >= 4 is 5.91 Å². The summed E-state index contributed by atoms with van der Waals surface area (Å²) in [4.78, 5) is 13.4. The molecule has 1 rings (SSSR count). The molecule has 0 radical (unpaired) electrons. The molecule has 0 spiro atoms. The molecule has 2 N–H and O–H groups in total. The molecule has 1 aliphatic rings. The van der Waals surface area contributed by atoms with Crippen molar-refractivity contribution < 1.29 is 14.6 Å². The van der Waals surface area contributed by atoms with Gasteiger partial charge in [-0.25, -0.2) is 0 Å². The maximum atomic E-state index is 11.5. The molecular weight excluding hydrogens is 208 g/mol. The molecule has 1 amide bonds. The van der Waals surface area contributed by atoms with Crippen LogP contribution in [0.3, 0.4) is 0 Å². The summed E-state index contributed by atoms with van der Waals surface area (Å²) in [6.07, 6.45) is 2.48. The van der Waals surface area contributed by atoms with E-state index in [1.165, 1.54) is 12.8 Å². The first-order chi connectivity index (χ1) is 7.76. The number of aliphatic hydroxyl groups excluding tert-OH is 1. The molecular formula is C11H22N2O3. The molecule has 1 fully saturated rings. The Bertz CT molecular complexity index is 207. The number of ether oxygens (including phenoxy) is 1. The number of rotatable bonds is 9. The van der Waals surface area contributed by atoms with E-state index >= 15 is 0 Å². The topological polar surface area (TPSA) is 61.8 Å². The average molecular weight is 230 g/mol. The molecule has 94 valence electrons. The van der Waals surface area contributed by atoms with Crippen molar-refractivity contribution in [2.75, 3.05) is 46.5 Å². The van der Waals surface area contributed by atoms with Crippen LogP contribution in [0.2, 0.25) is 0 Å². The molecule has 0 unspecified atom stereocenters. The van der Waals surface area contributed by atoms with Gasteiger partial charge in [-0.05, 0) is 18.8 Å². The third-order valence-electron chi connectivity index (χ3n) is 2.68. The van der Waals surface area contributed by atoms with Crippen molar-refractivity contribution in [2.45, 2.75) is 12.8 Å². The molecule has 0 saturated heterocycles. The number of nitrogens with zero attached hydrogens (tertiary/aromatic N) is 1. The van der Waals surface area contributed by atoms with E-state index < -0.39 is 0 Å². The summed E-state index contributed by atoms with van der Waals surface area (Å²) < 4.78 is 4.95. The second-order valence-electron chi connectivity index (χ2n) is 4.24.